The summed E-state index contributed by atoms with van der Waals surface area (Å²) in [6.07, 6.45) is 0. The van der Waals surface area contributed by atoms with Crippen LogP contribution in [0.1, 0.15) is 9.75 Å². The highest BCUT2D eigenvalue weighted by Gasteiger charge is 2.20. The second-order valence-corrected chi connectivity index (χ2v) is 8.57. The Morgan fingerprint density at radius 3 is 2.68 bits per heavy atom. The highest BCUT2D eigenvalue weighted by molar-refractivity contribution is 7.98. The molecule has 0 radical (unpaired) electrons. The maximum Gasteiger partial charge on any atom is 0.367 e. The van der Waals surface area contributed by atoms with Gasteiger partial charge in [0.2, 0.25) is 0 Å². The number of amidine groups is 2. The number of nitrogens with zero attached hydrogens (tertiary/aromatic N) is 3. The number of rotatable bonds is 7. The first kappa shape index (κ1) is 17.3. The molecule has 0 unspecified atom stereocenters. The average molecular weight is 362 g/mol. The zero-order chi connectivity index (χ0) is 16.2. The lowest BCUT2D eigenvalue weighted by Gasteiger charge is -2.06. The normalized spacial score (nSPS) is 16.7. The predicted octanol–water partition coefficient (Wildman–Crippen LogP) is 0.647. The van der Waals surface area contributed by atoms with E-state index in [-0.39, 0.29) is 11.7 Å². The van der Waals surface area contributed by atoms with Gasteiger partial charge in [0.15, 0.2) is 11.7 Å². The monoisotopic (exact) mass is 361 g/mol. The smallest absolute Gasteiger partial charge is 0.367 e. The SMILES string of the molecule is CN(C)Cc1ccc(CSCCNC2=NS(=O)(=O)N=C2N)s1. The lowest BCUT2D eigenvalue weighted by molar-refractivity contribution is 0.406. The summed E-state index contributed by atoms with van der Waals surface area (Å²) < 4.78 is 28.9. The molecule has 3 N–H and O–H groups in total. The van der Waals surface area contributed by atoms with E-state index in [1.54, 1.807) is 11.8 Å². The maximum absolute atomic E-state index is 11.1. The van der Waals surface area contributed by atoms with Gasteiger partial charge in [0.1, 0.15) is 0 Å². The zero-order valence-corrected chi connectivity index (χ0v) is 14.9. The van der Waals surface area contributed by atoms with Gasteiger partial charge in [-0.15, -0.1) is 20.1 Å². The van der Waals surface area contributed by atoms with Crippen LogP contribution < -0.4 is 11.1 Å². The third-order valence-corrected chi connectivity index (χ3v) is 5.74. The lowest BCUT2D eigenvalue weighted by Crippen LogP contribution is -2.35. The highest BCUT2D eigenvalue weighted by Crippen LogP contribution is 2.22. The van der Waals surface area contributed by atoms with Crippen LogP contribution in [0.5, 0.6) is 0 Å². The average Bonchev–Trinajstić information content (AvgIpc) is 2.92. The Bertz CT molecular complexity index is 679. The summed E-state index contributed by atoms with van der Waals surface area (Å²) in [5.74, 6) is 1.84. The van der Waals surface area contributed by atoms with Gasteiger partial charge < -0.3 is 16.0 Å². The van der Waals surface area contributed by atoms with E-state index in [0.717, 1.165) is 18.1 Å². The predicted molar refractivity (Wildman–Crippen MR) is 93.9 cm³/mol. The van der Waals surface area contributed by atoms with E-state index in [2.05, 4.69) is 45.2 Å². The van der Waals surface area contributed by atoms with Crippen LogP contribution in [0.3, 0.4) is 0 Å². The summed E-state index contributed by atoms with van der Waals surface area (Å²) in [7, 11) is 0.354. The van der Waals surface area contributed by atoms with E-state index in [0.29, 0.717) is 6.54 Å². The molecule has 0 aromatic carbocycles. The largest absolute Gasteiger partial charge is 0.380 e. The van der Waals surface area contributed by atoms with E-state index >= 15 is 0 Å². The molecule has 2 heterocycles. The molecule has 0 bridgehead atoms. The van der Waals surface area contributed by atoms with Crippen molar-refractivity contribution in [3.63, 3.8) is 0 Å². The fraction of sp³-hybridized carbons (Fsp3) is 0.500. The van der Waals surface area contributed by atoms with E-state index in [1.165, 1.54) is 9.75 Å². The molecule has 0 atom stereocenters. The second kappa shape index (κ2) is 7.44. The highest BCUT2D eigenvalue weighted by atomic mass is 32.2. The third kappa shape index (κ3) is 5.27. The Morgan fingerprint density at radius 1 is 1.32 bits per heavy atom. The van der Waals surface area contributed by atoms with E-state index < -0.39 is 10.2 Å². The molecule has 10 heteroatoms. The standard InChI is InChI=1S/C12H19N5O2S3/c1-17(2)7-9-3-4-10(21-9)8-20-6-5-14-12-11(13)15-22(18,19)16-12/h3-4H,5-8H2,1-2H3,(H2,13,15)(H,14,16). The number of hydrogen-bond acceptors (Lipinski definition) is 7. The fourth-order valence-corrected chi connectivity index (χ4v) is 4.65. The summed E-state index contributed by atoms with van der Waals surface area (Å²) in [5.41, 5.74) is 5.47. The van der Waals surface area contributed by atoms with Crippen molar-refractivity contribution in [2.75, 3.05) is 26.4 Å². The number of nitrogens with one attached hydrogen (secondary N) is 1. The van der Waals surface area contributed by atoms with Gasteiger partial charge in [-0.25, -0.2) is 0 Å². The Labute approximate surface area is 138 Å². The molecular weight excluding hydrogens is 342 g/mol. The van der Waals surface area contributed by atoms with Gasteiger partial charge in [0, 0.05) is 34.3 Å². The Balaban J connectivity index is 1.68. The Kier molecular flexibility index (Phi) is 5.84. The molecule has 7 nitrogen and oxygen atoms in total. The maximum atomic E-state index is 11.1. The Morgan fingerprint density at radius 2 is 2.05 bits per heavy atom. The first-order chi connectivity index (χ1) is 10.4. The van der Waals surface area contributed by atoms with Crippen molar-refractivity contribution in [3.05, 3.63) is 21.9 Å². The molecule has 0 saturated carbocycles. The van der Waals surface area contributed by atoms with Crippen molar-refractivity contribution < 1.29 is 8.42 Å². The summed E-state index contributed by atoms with van der Waals surface area (Å²) in [6, 6.07) is 4.32. The molecule has 0 aliphatic carbocycles. The summed E-state index contributed by atoms with van der Waals surface area (Å²) in [5, 5.41) is 2.90. The number of hydrogen-bond donors (Lipinski definition) is 2. The molecule has 1 aromatic heterocycles. The van der Waals surface area contributed by atoms with Gasteiger partial charge in [-0.3, -0.25) is 0 Å². The van der Waals surface area contributed by atoms with Crippen LogP contribution in [0.25, 0.3) is 0 Å². The van der Waals surface area contributed by atoms with E-state index in [1.807, 2.05) is 11.3 Å². The van der Waals surface area contributed by atoms with Crippen LogP contribution in [0, 0.1) is 0 Å². The number of nitrogens with two attached hydrogens (primary N) is 1. The first-order valence-corrected chi connectivity index (χ1v) is 9.97. The molecule has 0 spiro atoms. The summed E-state index contributed by atoms with van der Waals surface area (Å²) in [4.78, 5) is 4.84. The van der Waals surface area contributed by atoms with Gasteiger partial charge in [-0.05, 0) is 26.2 Å². The van der Waals surface area contributed by atoms with Gasteiger partial charge in [0.25, 0.3) is 0 Å². The number of thioether (sulfide) groups is 1. The van der Waals surface area contributed by atoms with E-state index in [9.17, 15) is 8.42 Å². The van der Waals surface area contributed by atoms with Crippen LogP contribution in [-0.2, 0) is 22.5 Å². The van der Waals surface area contributed by atoms with Gasteiger partial charge in [-0.2, -0.15) is 20.2 Å². The second-order valence-electron chi connectivity index (χ2n) is 4.95. The van der Waals surface area contributed by atoms with Crippen LogP contribution in [-0.4, -0.2) is 51.4 Å². The van der Waals surface area contributed by atoms with Crippen LogP contribution in [0.15, 0.2) is 20.9 Å². The van der Waals surface area contributed by atoms with Crippen molar-refractivity contribution >= 4 is 45.0 Å². The summed E-state index contributed by atoms with van der Waals surface area (Å²) in [6.45, 7) is 1.55. The molecule has 0 fully saturated rings. The van der Waals surface area contributed by atoms with Crippen LogP contribution in [0.4, 0.5) is 0 Å². The van der Waals surface area contributed by atoms with E-state index in [4.69, 9.17) is 5.73 Å². The van der Waals surface area contributed by atoms with Crippen molar-refractivity contribution in [2.24, 2.45) is 14.5 Å². The fourth-order valence-electron chi connectivity index (χ4n) is 1.78. The van der Waals surface area contributed by atoms with Crippen LogP contribution >= 0.6 is 23.1 Å². The van der Waals surface area contributed by atoms with Gasteiger partial charge in [0.05, 0.1) is 0 Å². The summed E-state index contributed by atoms with van der Waals surface area (Å²) >= 11 is 3.59. The van der Waals surface area contributed by atoms with Crippen molar-refractivity contribution in [1.82, 2.24) is 10.2 Å². The minimum atomic E-state index is -3.76. The first-order valence-electron chi connectivity index (χ1n) is 6.60. The van der Waals surface area contributed by atoms with Crippen molar-refractivity contribution in [2.45, 2.75) is 12.3 Å². The minimum absolute atomic E-state index is 0.0726. The van der Waals surface area contributed by atoms with Crippen molar-refractivity contribution in [1.29, 1.82) is 0 Å². The molecule has 2 rings (SSSR count). The molecule has 1 aromatic rings. The molecule has 1 aliphatic rings. The molecule has 1 aliphatic heterocycles. The molecule has 22 heavy (non-hydrogen) atoms. The molecule has 0 amide bonds. The Hall–Kier alpha value is -1.10. The van der Waals surface area contributed by atoms with Gasteiger partial charge >= 0.3 is 10.2 Å². The lowest BCUT2D eigenvalue weighted by atomic mass is 10.4. The number of thiophene rings is 1. The third-order valence-electron chi connectivity index (χ3n) is 2.64. The zero-order valence-electron chi connectivity index (χ0n) is 12.4. The van der Waals surface area contributed by atoms with Crippen LogP contribution in [0.2, 0.25) is 0 Å². The molecule has 122 valence electrons. The molecule has 0 saturated heterocycles. The quantitative estimate of drug-likeness (QED) is 0.692. The van der Waals surface area contributed by atoms with Crippen molar-refractivity contribution in [3.8, 4) is 0 Å². The van der Waals surface area contributed by atoms with Gasteiger partial charge in [-0.1, -0.05) is 0 Å². The minimum Gasteiger partial charge on any atom is -0.380 e. The topological polar surface area (TPSA) is 100 Å². The molecular formula is C12H19N5O2S3.